The standard InChI is InChI=1S/C18H24BrN3O2/c1-5-6-9-24-13-7-8-14(12(4)10-13)20-18(23)17-15(19)16(11(2)3)21-22-17/h7-8,10-11H,5-6,9H2,1-4H3,(H,20,23)(H,21,22). The topological polar surface area (TPSA) is 67.0 Å². The van der Waals surface area contributed by atoms with Gasteiger partial charge in [-0.2, -0.15) is 5.10 Å². The molecule has 0 fully saturated rings. The lowest BCUT2D eigenvalue weighted by Gasteiger charge is -2.11. The number of carbonyl (C=O) groups is 1. The van der Waals surface area contributed by atoms with Gasteiger partial charge in [0.2, 0.25) is 0 Å². The third-order valence-corrected chi connectivity index (χ3v) is 4.54. The summed E-state index contributed by atoms with van der Waals surface area (Å²) in [6.07, 6.45) is 2.13. The summed E-state index contributed by atoms with van der Waals surface area (Å²) in [5.74, 6) is 0.837. The molecule has 1 aromatic carbocycles. The number of hydrogen-bond donors (Lipinski definition) is 2. The molecule has 0 aliphatic rings. The molecule has 1 aromatic heterocycles. The number of aromatic nitrogens is 2. The third kappa shape index (κ3) is 4.38. The Balaban J connectivity index is 2.09. The molecule has 24 heavy (non-hydrogen) atoms. The monoisotopic (exact) mass is 393 g/mol. The number of anilines is 1. The number of carbonyl (C=O) groups excluding carboxylic acids is 1. The van der Waals surface area contributed by atoms with Crippen molar-refractivity contribution in [2.24, 2.45) is 0 Å². The first-order chi connectivity index (χ1) is 11.4. The van der Waals surface area contributed by atoms with Crippen LogP contribution in [0.5, 0.6) is 5.75 Å². The number of unbranched alkanes of at least 4 members (excludes halogenated alkanes) is 1. The molecule has 1 heterocycles. The molecule has 0 aliphatic carbocycles. The van der Waals surface area contributed by atoms with Crippen molar-refractivity contribution < 1.29 is 9.53 Å². The van der Waals surface area contributed by atoms with Gasteiger partial charge in [-0.05, 0) is 59.0 Å². The number of nitrogens with one attached hydrogen (secondary N) is 2. The van der Waals surface area contributed by atoms with E-state index in [1.807, 2.05) is 39.0 Å². The zero-order valence-electron chi connectivity index (χ0n) is 14.6. The average Bonchev–Trinajstić information content (AvgIpc) is 2.92. The molecule has 2 rings (SSSR count). The van der Waals surface area contributed by atoms with E-state index in [-0.39, 0.29) is 11.8 Å². The second-order valence-electron chi connectivity index (χ2n) is 6.09. The van der Waals surface area contributed by atoms with Gasteiger partial charge >= 0.3 is 0 Å². The van der Waals surface area contributed by atoms with Crippen LogP contribution < -0.4 is 10.1 Å². The van der Waals surface area contributed by atoms with Crippen LogP contribution in [0.3, 0.4) is 0 Å². The zero-order chi connectivity index (χ0) is 17.7. The van der Waals surface area contributed by atoms with E-state index in [4.69, 9.17) is 4.74 Å². The number of ether oxygens (including phenoxy) is 1. The van der Waals surface area contributed by atoms with E-state index < -0.39 is 0 Å². The van der Waals surface area contributed by atoms with Crippen LogP contribution in [0.25, 0.3) is 0 Å². The van der Waals surface area contributed by atoms with Gasteiger partial charge < -0.3 is 10.1 Å². The van der Waals surface area contributed by atoms with Crippen molar-refractivity contribution in [3.63, 3.8) is 0 Å². The molecule has 0 saturated heterocycles. The van der Waals surface area contributed by atoms with Gasteiger partial charge in [-0.1, -0.05) is 27.2 Å². The van der Waals surface area contributed by atoms with E-state index >= 15 is 0 Å². The third-order valence-electron chi connectivity index (χ3n) is 3.74. The van der Waals surface area contributed by atoms with Crippen LogP contribution in [-0.2, 0) is 0 Å². The fourth-order valence-corrected chi connectivity index (χ4v) is 3.07. The average molecular weight is 394 g/mol. The van der Waals surface area contributed by atoms with E-state index in [1.165, 1.54) is 0 Å². The highest BCUT2D eigenvalue weighted by Gasteiger charge is 2.19. The summed E-state index contributed by atoms with van der Waals surface area (Å²) in [6.45, 7) is 8.87. The number of nitrogens with zero attached hydrogens (tertiary/aromatic N) is 1. The summed E-state index contributed by atoms with van der Waals surface area (Å²) in [5, 5.41) is 9.94. The molecule has 0 spiro atoms. The summed E-state index contributed by atoms with van der Waals surface area (Å²) >= 11 is 3.46. The van der Waals surface area contributed by atoms with Crippen LogP contribution in [0.1, 0.15) is 61.3 Å². The van der Waals surface area contributed by atoms with Gasteiger partial charge in [-0.15, -0.1) is 0 Å². The number of hydrogen-bond acceptors (Lipinski definition) is 3. The number of H-pyrrole nitrogens is 1. The number of aryl methyl sites for hydroxylation is 1. The molecule has 0 aliphatic heterocycles. The molecule has 0 bridgehead atoms. The normalized spacial score (nSPS) is 10.9. The van der Waals surface area contributed by atoms with Gasteiger partial charge in [0.25, 0.3) is 5.91 Å². The summed E-state index contributed by atoms with van der Waals surface area (Å²) in [5.41, 5.74) is 2.98. The number of rotatable bonds is 7. The van der Waals surface area contributed by atoms with Crippen LogP contribution in [0.2, 0.25) is 0 Å². The van der Waals surface area contributed by atoms with Crippen molar-refractivity contribution in [3.8, 4) is 5.75 Å². The van der Waals surface area contributed by atoms with E-state index in [9.17, 15) is 4.79 Å². The van der Waals surface area contributed by atoms with Gasteiger partial charge in [0.1, 0.15) is 5.75 Å². The first kappa shape index (κ1) is 18.5. The Bertz CT molecular complexity index is 710. The number of benzene rings is 1. The number of aromatic amines is 1. The summed E-state index contributed by atoms with van der Waals surface area (Å²) in [7, 11) is 0. The minimum atomic E-state index is -0.243. The van der Waals surface area contributed by atoms with Crippen LogP contribution >= 0.6 is 15.9 Å². The maximum Gasteiger partial charge on any atom is 0.277 e. The van der Waals surface area contributed by atoms with Crippen molar-refractivity contribution in [1.82, 2.24) is 10.2 Å². The molecule has 0 radical (unpaired) electrons. The fraction of sp³-hybridized carbons (Fsp3) is 0.444. The van der Waals surface area contributed by atoms with E-state index in [0.717, 1.165) is 35.5 Å². The highest BCUT2D eigenvalue weighted by molar-refractivity contribution is 9.10. The van der Waals surface area contributed by atoms with Gasteiger partial charge in [-0.25, -0.2) is 0 Å². The Morgan fingerprint density at radius 3 is 2.75 bits per heavy atom. The molecule has 1 amide bonds. The molecular formula is C18H24BrN3O2. The maximum absolute atomic E-state index is 12.5. The van der Waals surface area contributed by atoms with Gasteiger partial charge in [0.05, 0.1) is 16.8 Å². The molecule has 5 nitrogen and oxygen atoms in total. The Morgan fingerprint density at radius 1 is 1.42 bits per heavy atom. The fourth-order valence-electron chi connectivity index (χ4n) is 2.26. The molecule has 2 N–H and O–H groups in total. The predicted octanol–water partition coefficient (Wildman–Crippen LogP) is 5.04. The highest BCUT2D eigenvalue weighted by atomic mass is 79.9. The second kappa shape index (κ2) is 8.33. The Kier molecular flexibility index (Phi) is 6.43. The number of amides is 1. The van der Waals surface area contributed by atoms with Crippen molar-refractivity contribution in [2.75, 3.05) is 11.9 Å². The van der Waals surface area contributed by atoms with E-state index in [0.29, 0.717) is 16.8 Å². The smallest absolute Gasteiger partial charge is 0.277 e. The van der Waals surface area contributed by atoms with Crippen LogP contribution in [0, 0.1) is 6.92 Å². The molecule has 2 aromatic rings. The quantitative estimate of drug-likeness (QED) is 0.647. The van der Waals surface area contributed by atoms with Gasteiger partial charge in [0.15, 0.2) is 5.69 Å². The Morgan fingerprint density at radius 2 is 2.17 bits per heavy atom. The first-order valence-corrected chi connectivity index (χ1v) is 9.01. The molecule has 0 atom stereocenters. The maximum atomic E-state index is 12.5. The molecule has 130 valence electrons. The van der Waals surface area contributed by atoms with Crippen LogP contribution in [0.15, 0.2) is 22.7 Å². The molecule has 6 heteroatoms. The van der Waals surface area contributed by atoms with E-state index in [1.54, 1.807) is 0 Å². The van der Waals surface area contributed by atoms with Crippen molar-refractivity contribution in [3.05, 3.63) is 39.6 Å². The molecule has 0 saturated carbocycles. The van der Waals surface area contributed by atoms with Gasteiger partial charge in [0, 0.05) is 5.69 Å². The van der Waals surface area contributed by atoms with Gasteiger partial charge in [-0.3, -0.25) is 9.89 Å². The highest BCUT2D eigenvalue weighted by Crippen LogP contribution is 2.27. The minimum absolute atomic E-state index is 0.243. The predicted molar refractivity (Wildman–Crippen MR) is 99.9 cm³/mol. The molecular weight excluding hydrogens is 370 g/mol. The lowest BCUT2D eigenvalue weighted by molar-refractivity contribution is 0.102. The second-order valence-corrected chi connectivity index (χ2v) is 6.88. The first-order valence-electron chi connectivity index (χ1n) is 8.22. The minimum Gasteiger partial charge on any atom is -0.494 e. The summed E-state index contributed by atoms with van der Waals surface area (Å²) in [4.78, 5) is 12.5. The van der Waals surface area contributed by atoms with Crippen molar-refractivity contribution in [2.45, 2.75) is 46.5 Å². The van der Waals surface area contributed by atoms with Crippen molar-refractivity contribution >= 4 is 27.5 Å². The zero-order valence-corrected chi connectivity index (χ0v) is 16.2. The summed E-state index contributed by atoms with van der Waals surface area (Å²) in [6, 6.07) is 5.67. The largest absolute Gasteiger partial charge is 0.494 e. The Labute approximate surface area is 151 Å². The molecule has 0 unspecified atom stereocenters. The SMILES string of the molecule is CCCCOc1ccc(NC(=O)c2n[nH]c(C(C)C)c2Br)c(C)c1. The Hall–Kier alpha value is -1.82. The lowest BCUT2D eigenvalue weighted by Crippen LogP contribution is -2.14. The number of halogens is 1. The van der Waals surface area contributed by atoms with E-state index in [2.05, 4.69) is 38.4 Å². The summed E-state index contributed by atoms with van der Waals surface area (Å²) < 4.78 is 6.40. The lowest BCUT2D eigenvalue weighted by atomic mass is 10.1. The van der Waals surface area contributed by atoms with Crippen molar-refractivity contribution in [1.29, 1.82) is 0 Å². The van der Waals surface area contributed by atoms with Crippen LogP contribution in [0.4, 0.5) is 5.69 Å². The van der Waals surface area contributed by atoms with Crippen LogP contribution in [-0.4, -0.2) is 22.7 Å².